The van der Waals surface area contributed by atoms with Gasteiger partial charge in [0, 0.05) is 19.6 Å². The molecule has 92 valence electrons. The number of hydrogen-bond donors (Lipinski definition) is 1. The van der Waals surface area contributed by atoms with Crippen molar-refractivity contribution in [2.45, 2.75) is 33.1 Å². The van der Waals surface area contributed by atoms with Gasteiger partial charge in [-0.1, -0.05) is 13.8 Å². The molecule has 3 unspecified atom stereocenters. The highest BCUT2D eigenvalue weighted by atomic mass is 15.2. The zero-order chi connectivity index (χ0) is 11.2. The van der Waals surface area contributed by atoms with Gasteiger partial charge in [-0.25, -0.2) is 0 Å². The molecule has 0 aromatic heterocycles. The van der Waals surface area contributed by atoms with E-state index in [1.54, 1.807) is 0 Å². The average Bonchev–Trinajstić information content (AvgIpc) is 2.79. The Balaban J connectivity index is 1.50. The van der Waals surface area contributed by atoms with Gasteiger partial charge < -0.3 is 10.2 Å². The van der Waals surface area contributed by atoms with Crippen molar-refractivity contribution in [1.29, 1.82) is 0 Å². The Bertz CT molecular complexity index is 247. The van der Waals surface area contributed by atoms with E-state index in [1.807, 2.05) is 0 Å². The van der Waals surface area contributed by atoms with E-state index in [2.05, 4.69) is 24.1 Å². The maximum Gasteiger partial charge on any atom is 0.00154 e. The van der Waals surface area contributed by atoms with Crippen LogP contribution in [0.25, 0.3) is 0 Å². The number of nitrogens with zero attached hydrogens (tertiary/aromatic N) is 1. The van der Waals surface area contributed by atoms with Gasteiger partial charge in [-0.15, -0.1) is 0 Å². The first-order valence-corrected chi connectivity index (χ1v) is 7.13. The smallest absolute Gasteiger partial charge is 0.00154 e. The van der Waals surface area contributed by atoms with Gasteiger partial charge in [0.2, 0.25) is 0 Å². The minimum atomic E-state index is 0.778. The quantitative estimate of drug-likeness (QED) is 0.768. The number of rotatable bonds is 2. The topological polar surface area (TPSA) is 15.3 Å². The third-order valence-electron chi connectivity index (χ3n) is 5.50. The molecule has 0 amide bonds. The SMILES string of the molecule is CC1CN(CC2CC23CCNCC3)CC1C. The molecule has 0 radical (unpaired) electrons. The predicted molar refractivity (Wildman–Crippen MR) is 67.4 cm³/mol. The van der Waals surface area contributed by atoms with Crippen molar-refractivity contribution >= 4 is 0 Å². The summed E-state index contributed by atoms with van der Waals surface area (Å²) in [5, 5.41) is 3.50. The summed E-state index contributed by atoms with van der Waals surface area (Å²) < 4.78 is 0. The van der Waals surface area contributed by atoms with E-state index in [9.17, 15) is 0 Å². The van der Waals surface area contributed by atoms with Crippen LogP contribution in [0.4, 0.5) is 0 Å². The Morgan fingerprint density at radius 3 is 2.38 bits per heavy atom. The fourth-order valence-electron chi connectivity index (χ4n) is 3.94. The summed E-state index contributed by atoms with van der Waals surface area (Å²) >= 11 is 0. The summed E-state index contributed by atoms with van der Waals surface area (Å²) in [6, 6.07) is 0. The molecular formula is C14H26N2. The lowest BCUT2D eigenvalue weighted by Gasteiger charge is -2.25. The molecule has 3 fully saturated rings. The van der Waals surface area contributed by atoms with E-state index in [0.29, 0.717) is 0 Å². The van der Waals surface area contributed by atoms with E-state index in [4.69, 9.17) is 0 Å². The second-order valence-corrected chi connectivity index (χ2v) is 6.69. The van der Waals surface area contributed by atoms with Crippen molar-refractivity contribution in [3.8, 4) is 0 Å². The van der Waals surface area contributed by atoms with Gasteiger partial charge in [0.25, 0.3) is 0 Å². The van der Waals surface area contributed by atoms with Gasteiger partial charge in [0.1, 0.15) is 0 Å². The van der Waals surface area contributed by atoms with Crippen LogP contribution in [-0.4, -0.2) is 37.6 Å². The van der Waals surface area contributed by atoms with Gasteiger partial charge >= 0.3 is 0 Å². The van der Waals surface area contributed by atoms with Crippen molar-refractivity contribution < 1.29 is 0 Å². The lowest BCUT2D eigenvalue weighted by atomic mass is 9.92. The first kappa shape index (κ1) is 11.0. The second kappa shape index (κ2) is 3.99. The van der Waals surface area contributed by atoms with Gasteiger partial charge in [-0.3, -0.25) is 0 Å². The van der Waals surface area contributed by atoms with Crippen molar-refractivity contribution in [1.82, 2.24) is 10.2 Å². The van der Waals surface area contributed by atoms with Crippen LogP contribution in [0.15, 0.2) is 0 Å². The normalized spacial score (nSPS) is 42.8. The fourth-order valence-corrected chi connectivity index (χ4v) is 3.94. The number of likely N-dealkylation sites (tertiary alicyclic amines) is 1. The largest absolute Gasteiger partial charge is 0.317 e. The predicted octanol–water partition coefficient (Wildman–Crippen LogP) is 1.96. The molecular weight excluding hydrogens is 196 g/mol. The fraction of sp³-hybridized carbons (Fsp3) is 1.00. The molecule has 3 atom stereocenters. The number of hydrogen-bond acceptors (Lipinski definition) is 2. The van der Waals surface area contributed by atoms with Crippen molar-refractivity contribution in [3.05, 3.63) is 0 Å². The first-order valence-electron chi connectivity index (χ1n) is 7.13. The standard InChI is InChI=1S/C14H26N2/c1-11-8-16(9-12(11)2)10-13-7-14(13)3-5-15-6-4-14/h11-13,15H,3-10H2,1-2H3. The molecule has 2 heterocycles. The van der Waals surface area contributed by atoms with E-state index in [1.165, 1.54) is 52.0 Å². The molecule has 1 saturated carbocycles. The summed E-state index contributed by atoms with van der Waals surface area (Å²) in [7, 11) is 0. The Hall–Kier alpha value is -0.0800. The van der Waals surface area contributed by atoms with Crippen LogP contribution >= 0.6 is 0 Å². The Morgan fingerprint density at radius 2 is 1.75 bits per heavy atom. The molecule has 1 aliphatic carbocycles. The minimum Gasteiger partial charge on any atom is -0.317 e. The molecule has 0 aromatic rings. The number of nitrogens with one attached hydrogen (secondary N) is 1. The van der Waals surface area contributed by atoms with Crippen LogP contribution < -0.4 is 5.32 Å². The summed E-state index contributed by atoms with van der Waals surface area (Å²) in [6.07, 6.45) is 4.40. The maximum atomic E-state index is 3.50. The van der Waals surface area contributed by atoms with Crippen LogP contribution in [0.3, 0.4) is 0 Å². The highest BCUT2D eigenvalue weighted by molar-refractivity contribution is 5.05. The summed E-state index contributed by atoms with van der Waals surface area (Å²) in [5.74, 6) is 2.87. The lowest BCUT2D eigenvalue weighted by molar-refractivity contribution is 0.256. The summed E-state index contributed by atoms with van der Waals surface area (Å²) in [4.78, 5) is 2.73. The Morgan fingerprint density at radius 1 is 1.12 bits per heavy atom. The van der Waals surface area contributed by atoms with Gasteiger partial charge in [-0.05, 0) is 55.5 Å². The van der Waals surface area contributed by atoms with Crippen LogP contribution in [0.5, 0.6) is 0 Å². The lowest BCUT2D eigenvalue weighted by Crippen LogP contribution is -2.32. The molecule has 1 N–H and O–H groups in total. The zero-order valence-corrected chi connectivity index (χ0v) is 10.8. The second-order valence-electron chi connectivity index (χ2n) is 6.69. The van der Waals surface area contributed by atoms with Crippen LogP contribution in [0.1, 0.15) is 33.1 Å². The molecule has 16 heavy (non-hydrogen) atoms. The third-order valence-corrected chi connectivity index (χ3v) is 5.50. The Labute approximate surface area is 99.8 Å². The van der Waals surface area contributed by atoms with Crippen molar-refractivity contribution in [3.63, 3.8) is 0 Å². The van der Waals surface area contributed by atoms with Crippen LogP contribution in [0, 0.1) is 23.2 Å². The molecule has 0 aromatic carbocycles. The molecule has 2 saturated heterocycles. The highest BCUT2D eigenvalue weighted by Gasteiger charge is 2.54. The van der Waals surface area contributed by atoms with Crippen molar-refractivity contribution in [2.75, 3.05) is 32.7 Å². The molecule has 2 aliphatic heterocycles. The molecule has 1 spiro atoms. The van der Waals surface area contributed by atoms with Crippen LogP contribution in [0.2, 0.25) is 0 Å². The minimum absolute atomic E-state index is 0.778. The molecule has 3 aliphatic rings. The average molecular weight is 222 g/mol. The highest BCUT2D eigenvalue weighted by Crippen LogP contribution is 2.58. The molecule has 3 rings (SSSR count). The first-order chi connectivity index (χ1) is 7.70. The summed E-state index contributed by atoms with van der Waals surface area (Å²) in [6.45, 7) is 11.5. The van der Waals surface area contributed by atoms with E-state index >= 15 is 0 Å². The molecule has 0 bridgehead atoms. The molecule has 2 heteroatoms. The van der Waals surface area contributed by atoms with Crippen LogP contribution in [-0.2, 0) is 0 Å². The van der Waals surface area contributed by atoms with E-state index in [-0.39, 0.29) is 0 Å². The number of piperidine rings is 1. The maximum absolute atomic E-state index is 3.50. The van der Waals surface area contributed by atoms with Gasteiger partial charge in [0.15, 0.2) is 0 Å². The van der Waals surface area contributed by atoms with Gasteiger partial charge in [-0.2, -0.15) is 0 Å². The summed E-state index contributed by atoms with van der Waals surface area (Å²) in [5.41, 5.74) is 0.778. The third kappa shape index (κ3) is 1.91. The Kier molecular flexibility index (Phi) is 2.75. The van der Waals surface area contributed by atoms with Crippen molar-refractivity contribution in [2.24, 2.45) is 23.2 Å². The molecule has 2 nitrogen and oxygen atoms in total. The van der Waals surface area contributed by atoms with E-state index < -0.39 is 0 Å². The van der Waals surface area contributed by atoms with Gasteiger partial charge in [0.05, 0.1) is 0 Å². The van der Waals surface area contributed by atoms with E-state index in [0.717, 1.165) is 23.2 Å². The monoisotopic (exact) mass is 222 g/mol. The zero-order valence-electron chi connectivity index (χ0n) is 10.8.